The van der Waals surface area contributed by atoms with Gasteiger partial charge < -0.3 is 19.0 Å². The summed E-state index contributed by atoms with van der Waals surface area (Å²) in [6.07, 6.45) is 0.565. The van der Waals surface area contributed by atoms with Gasteiger partial charge in [-0.25, -0.2) is 0 Å². The molecular weight excluding hydrogens is 420 g/mol. The first-order valence-corrected chi connectivity index (χ1v) is 9.08. The Balaban J connectivity index is 1.48. The van der Waals surface area contributed by atoms with Gasteiger partial charge in [0, 0.05) is 24.5 Å². The normalized spacial score (nSPS) is 10.7. The molecule has 0 atom stereocenters. The van der Waals surface area contributed by atoms with Gasteiger partial charge in [-0.3, -0.25) is 9.89 Å². The molecule has 3 rings (SSSR count). The first-order valence-electron chi connectivity index (χ1n) is 7.88. The van der Waals surface area contributed by atoms with E-state index in [1.807, 2.05) is 31.3 Å². The fourth-order valence-electron chi connectivity index (χ4n) is 2.24. The van der Waals surface area contributed by atoms with E-state index in [0.29, 0.717) is 23.5 Å². The average molecular weight is 437 g/mol. The van der Waals surface area contributed by atoms with Crippen molar-refractivity contribution in [3.05, 3.63) is 63.0 Å². The molecule has 2 N–H and O–H groups in total. The summed E-state index contributed by atoms with van der Waals surface area (Å²) in [6, 6.07) is 10.8. The van der Waals surface area contributed by atoms with Crippen LogP contribution in [0.4, 0.5) is 0 Å². The number of benzene rings is 1. The minimum atomic E-state index is -0.281. The largest absolute Gasteiger partial charge is 0.486 e. The average Bonchev–Trinajstić information content (AvgIpc) is 3.23. The molecule has 3 aromatic rings. The molecule has 0 aliphatic carbocycles. The Morgan fingerprint density at radius 1 is 1.35 bits per heavy atom. The summed E-state index contributed by atoms with van der Waals surface area (Å²) in [4.78, 5) is 12.1. The predicted octanol–water partition coefficient (Wildman–Crippen LogP) is 3.38. The molecule has 0 aliphatic rings. The number of nitrogens with zero attached hydrogens (tertiary/aromatic N) is 2. The maximum absolute atomic E-state index is 12.1. The highest BCUT2D eigenvalue weighted by Crippen LogP contribution is 2.18. The number of hydrogen-bond donors (Lipinski definition) is 2. The van der Waals surface area contributed by atoms with Crippen LogP contribution in [-0.4, -0.2) is 27.2 Å². The summed E-state index contributed by atoms with van der Waals surface area (Å²) in [6.45, 7) is 0.678. The fraction of sp³-hybridized carbons (Fsp3) is 0.235. The Hall–Kier alpha value is -2.39. The summed E-state index contributed by atoms with van der Waals surface area (Å²) < 4.78 is 14.5. The Morgan fingerprint density at radius 2 is 2.12 bits per heavy atom. The minimum absolute atomic E-state index is 0.245. The van der Waals surface area contributed by atoms with Crippen molar-refractivity contribution in [2.75, 3.05) is 6.54 Å². The molecule has 0 radical (unpaired) electrons. The number of amides is 1. The van der Waals surface area contributed by atoms with Crippen LogP contribution in [0.25, 0.3) is 0 Å². The Kier molecular flexibility index (Phi) is 5.89. The number of nitrogens with one attached hydrogen (secondary N) is 2. The monoisotopic (exact) mass is 436 g/mol. The van der Waals surface area contributed by atoms with Crippen LogP contribution in [0.15, 0.2) is 45.3 Å². The van der Waals surface area contributed by atoms with Gasteiger partial charge in [-0.05, 0) is 48.6 Å². The lowest BCUT2D eigenvalue weighted by atomic mass is 10.3. The fourth-order valence-corrected chi connectivity index (χ4v) is 2.66. The van der Waals surface area contributed by atoms with Crippen molar-refractivity contribution < 1.29 is 13.9 Å². The predicted molar refractivity (Wildman–Crippen MR) is 102 cm³/mol. The van der Waals surface area contributed by atoms with Crippen LogP contribution in [0.2, 0.25) is 0 Å². The highest BCUT2D eigenvalue weighted by atomic mass is 79.9. The number of hydrogen-bond acceptors (Lipinski definition) is 5. The summed E-state index contributed by atoms with van der Waals surface area (Å²) in [5.74, 6) is 2.04. The highest BCUT2D eigenvalue weighted by molar-refractivity contribution is 9.10. The molecule has 0 saturated heterocycles. The SMILES string of the molecule is Cn1c(CCNC(=O)c2ccc(COc3ccc(Br)cc3)o2)n[nH]c1=S. The molecule has 1 amide bonds. The van der Waals surface area contributed by atoms with E-state index in [0.717, 1.165) is 16.0 Å². The quantitative estimate of drug-likeness (QED) is 0.554. The number of aromatic amines is 1. The van der Waals surface area contributed by atoms with Gasteiger partial charge in [-0.15, -0.1) is 0 Å². The summed E-state index contributed by atoms with van der Waals surface area (Å²) in [7, 11) is 1.83. The zero-order chi connectivity index (χ0) is 18.5. The van der Waals surface area contributed by atoms with E-state index >= 15 is 0 Å². The second-order valence-corrected chi connectivity index (χ2v) is 6.82. The topological polar surface area (TPSA) is 85.1 Å². The molecule has 7 nitrogen and oxygen atoms in total. The van der Waals surface area contributed by atoms with Crippen molar-refractivity contribution in [1.82, 2.24) is 20.1 Å². The Morgan fingerprint density at radius 3 is 2.81 bits per heavy atom. The van der Waals surface area contributed by atoms with Crippen LogP contribution in [0.3, 0.4) is 0 Å². The van der Waals surface area contributed by atoms with Gasteiger partial charge >= 0.3 is 0 Å². The molecular formula is C17H17BrN4O3S. The number of H-pyrrole nitrogens is 1. The number of rotatable bonds is 7. The van der Waals surface area contributed by atoms with E-state index in [1.165, 1.54) is 0 Å². The molecule has 1 aromatic carbocycles. The number of ether oxygens (including phenoxy) is 1. The minimum Gasteiger partial charge on any atom is -0.486 e. The van der Waals surface area contributed by atoms with Crippen LogP contribution in [0.1, 0.15) is 22.1 Å². The summed E-state index contributed by atoms with van der Waals surface area (Å²) in [5, 5.41) is 9.61. The smallest absolute Gasteiger partial charge is 0.287 e. The third kappa shape index (κ3) is 4.61. The first-order chi connectivity index (χ1) is 12.5. The maximum Gasteiger partial charge on any atom is 0.287 e. The third-order valence-electron chi connectivity index (χ3n) is 3.69. The second kappa shape index (κ2) is 8.33. The summed E-state index contributed by atoms with van der Waals surface area (Å²) >= 11 is 8.42. The van der Waals surface area contributed by atoms with Crippen LogP contribution in [-0.2, 0) is 20.1 Å². The maximum atomic E-state index is 12.1. The van der Waals surface area contributed by atoms with Crippen molar-refractivity contribution in [3.8, 4) is 5.75 Å². The van der Waals surface area contributed by atoms with Gasteiger partial charge in [0.05, 0.1) is 0 Å². The van der Waals surface area contributed by atoms with Gasteiger partial charge in [0.15, 0.2) is 10.5 Å². The number of furan rings is 1. The van der Waals surface area contributed by atoms with Crippen molar-refractivity contribution in [2.24, 2.45) is 7.05 Å². The van der Waals surface area contributed by atoms with Crippen molar-refractivity contribution in [1.29, 1.82) is 0 Å². The van der Waals surface area contributed by atoms with Crippen molar-refractivity contribution in [3.63, 3.8) is 0 Å². The molecule has 2 aromatic heterocycles. The molecule has 0 fully saturated rings. The standard InChI is InChI=1S/C17H17BrN4O3S/c1-22-15(20-21-17(22)26)8-9-19-16(23)14-7-6-13(25-14)10-24-12-4-2-11(18)3-5-12/h2-7H,8-10H2,1H3,(H,19,23)(H,21,26). The number of carbonyl (C=O) groups excluding carboxylic acids is 1. The van der Waals surface area contributed by atoms with Crippen molar-refractivity contribution in [2.45, 2.75) is 13.0 Å². The molecule has 0 spiro atoms. The second-order valence-electron chi connectivity index (χ2n) is 5.52. The van der Waals surface area contributed by atoms with Gasteiger partial charge in [0.1, 0.15) is 23.9 Å². The lowest BCUT2D eigenvalue weighted by Gasteiger charge is -2.04. The van der Waals surface area contributed by atoms with E-state index in [9.17, 15) is 4.79 Å². The molecule has 0 saturated carbocycles. The molecule has 0 unspecified atom stereocenters. The van der Waals surface area contributed by atoms with Crippen LogP contribution in [0, 0.1) is 4.77 Å². The van der Waals surface area contributed by atoms with E-state index in [4.69, 9.17) is 21.4 Å². The summed E-state index contributed by atoms with van der Waals surface area (Å²) in [5.41, 5.74) is 0. The molecule has 136 valence electrons. The lowest BCUT2D eigenvalue weighted by molar-refractivity contribution is 0.0922. The van der Waals surface area contributed by atoms with Gasteiger partial charge in [-0.2, -0.15) is 5.10 Å². The number of halogens is 1. The number of carbonyl (C=O) groups is 1. The van der Waals surface area contributed by atoms with Crippen LogP contribution < -0.4 is 10.1 Å². The zero-order valence-electron chi connectivity index (χ0n) is 14.0. The molecule has 0 aliphatic heterocycles. The first kappa shape index (κ1) is 18.4. The Bertz CT molecular complexity index is 946. The number of aromatic nitrogens is 3. The van der Waals surface area contributed by atoms with Gasteiger partial charge in [-0.1, -0.05) is 15.9 Å². The van der Waals surface area contributed by atoms with E-state index in [2.05, 4.69) is 31.4 Å². The van der Waals surface area contributed by atoms with Crippen LogP contribution >= 0.6 is 28.1 Å². The highest BCUT2D eigenvalue weighted by Gasteiger charge is 2.12. The Labute approximate surface area is 163 Å². The van der Waals surface area contributed by atoms with E-state index in [-0.39, 0.29) is 18.3 Å². The zero-order valence-corrected chi connectivity index (χ0v) is 16.4. The molecule has 2 heterocycles. The lowest BCUT2D eigenvalue weighted by Crippen LogP contribution is -2.26. The third-order valence-corrected chi connectivity index (χ3v) is 4.58. The molecule has 26 heavy (non-hydrogen) atoms. The van der Waals surface area contributed by atoms with Crippen molar-refractivity contribution >= 4 is 34.1 Å². The van der Waals surface area contributed by atoms with E-state index in [1.54, 1.807) is 16.7 Å². The molecule has 9 heteroatoms. The van der Waals surface area contributed by atoms with Crippen LogP contribution in [0.5, 0.6) is 5.75 Å². The van der Waals surface area contributed by atoms with E-state index < -0.39 is 0 Å². The molecule has 0 bridgehead atoms. The van der Waals surface area contributed by atoms with Gasteiger partial charge in [0.25, 0.3) is 5.91 Å². The van der Waals surface area contributed by atoms with Gasteiger partial charge in [0.2, 0.25) is 0 Å².